The molecule has 0 amide bonds. The van der Waals surface area contributed by atoms with Gasteiger partial charge < -0.3 is 4.74 Å². The van der Waals surface area contributed by atoms with Gasteiger partial charge in [-0.15, -0.1) is 0 Å². The van der Waals surface area contributed by atoms with Crippen LogP contribution in [0, 0.1) is 3.57 Å². The highest BCUT2D eigenvalue weighted by Crippen LogP contribution is 2.14. The average molecular weight is 357 g/mol. The first-order valence-electron chi connectivity index (χ1n) is 4.83. The van der Waals surface area contributed by atoms with E-state index in [0.717, 1.165) is 6.42 Å². The van der Waals surface area contributed by atoms with Crippen LogP contribution in [0.5, 0.6) is 0 Å². The van der Waals surface area contributed by atoms with Crippen molar-refractivity contribution in [2.75, 3.05) is 7.11 Å². The minimum absolute atomic E-state index is 0.104. The number of rotatable bonds is 4. The van der Waals surface area contributed by atoms with Crippen LogP contribution in [0.2, 0.25) is 5.15 Å². The van der Waals surface area contributed by atoms with Crippen molar-refractivity contribution in [2.45, 2.75) is 32.4 Å². The normalized spacial score (nSPS) is 11.8. The molecule has 0 fully saturated rings. The summed E-state index contributed by atoms with van der Waals surface area (Å²) in [6, 6.07) is 0. The molecule has 0 atom stereocenters. The van der Waals surface area contributed by atoms with Crippen LogP contribution in [0.3, 0.4) is 0 Å². The SMILES string of the molecule is COC(C)(C)CCn1cnc(Cl)c(I)c1=O. The zero-order chi connectivity index (χ0) is 12.3. The number of hydrogen-bond acceptors (Lipinski definition) is 3. The summed E-state index contributed by atoms with van der Waals surface area (Å²) in [5.41, 5.74) is -0.350. The van der Waals surface area contributed by atoms with Gasteiger partial charge in [-0.3, -0.25) is 9.36 Å². The number of aromatic nitrogens is 2. The Morgan fingerprint density at radius 1 is 1.62 bits per heavy atom. The molecule has 0 saturated carbocycles. The third kappa shape index (κ3) is 3.43. The van der Waals surface area contributed by atoms with Gasteiger partial charge in [0.1, 0.15) is 8.72 Å². The Bertz CT molecular complexity index is 431. The molecule has 0 unspecified atom stereocenters. The van der Waals surface area contributed by atoms with Crippen LogP contribution in [0.15, 0.2) is 11.1 Å². The molecule has 0 saturated heterocycles. The van der Waals surface area contributed by atoms with Gasteiger partial charge in [-0.05, 0) is 42.9 Å². The lowest BCUT2D eigenvalue weighted by Gasteiger charge is -2.22. The molecule has 0 N–H and O–H groups in total. The maximum absolute atomic E-state index is 11.8. The third-order valence-electron chi connectivity index (χ3n) is 2.45. The molecule has 0 spiro atoms. The van der Waals surface area contributed by atoms with Crippen molar-refractivity contribution in [1.82, 2.24) is 9.55 Å². The van der Waals surface area contributed by atoms with Crippen LogP contribution in [-0.4, -0.2) is 22.3 Å². The Hall–Kier alpha value is -0.140. The highest BCUT2D eigenvalue weighted by atomic mass is 127. The second-order valence-corrected chi connectivity index (χ2v) is 5.50. The van der Waals surface area contributed by atoms with E-state index in [4.69, 9.17) is 16.3 Å². The molecular weight excluding hydrogens is 342 g/mol. The lowest BCUT2D eigenvalue weighted by molar-refractivity contribution is 0.0118. The van der Waals surface area contributed by atoms with E-state index in [1.807, 2.05) is 36.4 Å². The Morgan fingerprint density at radius 3 is 2.81 bits per heavy atom. The first-order valence-corrected chi connectivity index (χ1v) is 6.28. The monoisotopic (exact) mass is 356 g/mol. The predicted octanol–water partition coefficient (Wildman–Crippen LogP) is 2.32. The van der Waals surface area contributed by atoms with Crippen LogP contribution in [0.25, 0.3) is 0 Å². The van der Waals surface area contributed by atoms with Gasteiger partial charge in [0.25, 0.3) is 5.56 Å². The fourth-order valence-electron chi connectivity index (χ4n) is 1.09. The number of hydrogen-bond donors (Lipinski definition) is 0. The van der Waals surface area contributed by atoms with Gasteiger partial charge >= 0.3 is 0 Å². The van der Waals surface area contributed by atoms with Gasteiger partial charge in [0.05, 0.1) is 11.9 Å². The number of halogens is 2. The van der Waals surface area contributed by atoms with E-state index < -0.39 is 0 Å². The van der Waals surface area contributed by atoms with E-state index >= 15 is 0 Å². The fourth-order valence-corrected chi connectivity index (χ4v) is 1.67. The topological polar surface area (TPSA) is 44.1 Å². The first-order chi connectivity index (χ1) is 7.37. The summed E-state index contributed by atoms with van der Waals surface area (Å²) in [6.45, 7) is 4.53. The van der Waals surface area contributed by atoms with Crippen molar-refractivity contribution in [2.24, 2.45) is 0 Å². The lowest BCUT2D eigenvalue weighted by atomic mass is 10.1. The van der Waals surface area contributed by atoms with Gasteiger partial charge in [0.15, 0.2) is 0 Å². The third-order valence-corrected chi connectivity index (χ3v) is 4.03. The van der Waals surface area contributed by atoms with Gasteiger partial charge in [0, 0.05) is 13.7 Å². The number of methoxy groups -OCH3 is 1. The number of ether oxygens (including phenoxy) is 1. The molecule has 90 valence electrons. The van der Waals surface area contributed by atoms with Crippen molar-refractivity contribution >= 4 is 34.2 Å². The van der Waals surface area contributed by atoms with E-state index in [2.05, 4.69) is 4.98 Å². The summed E-state index contributed by atoms with van der Waals surface area (Å²) in [7, 11) is 1.66. The molecule has 0 bridgehead atoms. The molecule has 1 rings (SSSR count). The van der Waals surface area contributed by atoms with Crippen LogP contribution in [0.1, 0.15) is 20.3 Å². The minimum atomic E-state index is -0.246. The van der Waals surface area contributed by atoms with Crippen molar-refractivity contribution in [3.63, 3.8) is 0 Å². The maximum Gasteiger partial charge on any atom is 0.268 e. The van der Waals surface area contributed by atoms with E-state index in [0.29, 0.717) is 10.1 Å². The Labute approximate surface area is 113 Å². The molecule has 0 aliphatic rings. The van der Waals surface area contributed by atoms with E-state index in [1.54, 1.807) is 11.7 Å². The van der Waals surface area contributed by atoms with Crippen molar-refractivity contribution in [3.05, 3.63) is 25.4 Å². The molecule has 0 radical (unpaired) electrons. The van der Waals surface area contributed by atoms with Crippen molar-refractivity contribution < 1.29 is 4.74 Å². The Balaban J connectivity index is 2.84. The van der Waals surface area contributed by atoms with E-state index in [9.17, 15) is 4.79 Å². The van der Waals surface area contributed by atoms with E-state index in [-0.39, 0.29) is 16.3 Å². The largest absolute Gasteiger partial charge is 0.379 e. The molecule has 0 aromatic carbocycles. The van der Waals surface area contributed by atoms with Gasteiger partial charge in [-0.2, -0.15) is 0 Å². The summed E-state index contributed by atoms with van der Waals surface area (Å²) in [4.78, 5) is 15.7. The van der Waals surface area contributed by atoms with E-state index in [1.165, 1.54) is 6.33 Å². The quantitative estimate of drug-likeness (QED) is 0.614. The molecule has 1 aromatic rings. The first kappa shape index (κ1) is 13.9. The summed E-state index contributed by atoms with van der Waals surface area (Å²) >= 11 is 7.65. The molecule has 0 aliphatic carbocycles. The molecule has 0 aliphatic heterocycles. The second kappa shape index (κ2) is 5.46. The summed E-state index contributed by atoms with van der Waals surface area (Å²) in [6.07, 6.45) is 2.21. The molecule has 4 nitrogen and oxygen atoms in total. The van der Waals surface area contributed by atoms with Gasteiger partial charge in [0.2, 0.25) is 0 Å². The molecular formula is C10H14ClIN2O2. The molecule has 1 heterocycles. The molecule has 16 heavy (non-hydrogen) atoms. The van der Waals surface area contributed by atoms with Crippen LogP contribution >= 0.6 is 34.2 Å². The number of nitrogens with zero attached hydrogens (tertiary/aromatic N) is 2. The summed E-state index contributed by atoms with van der Waals surface area (Å²) in [5, 5.41) is 0.257. The summed E-state index contributed by atoms with van der Waals surface area (Å²) in [5.74, 6) is 0. The standard InChI is InChI=1S/C10H14ClIN2O2/c1-10(2,16-3)4-5-14-6-13-8(11)7(12)9(14)15/h6H,4-5H2,1-3H3. The van der Waals surface area contributed by atoms with Crippen LogP contribution in [-0.2, 0) is 11.3 Å². The number of aryl methyl sites for hydroxylation is 1. The summed E-state index contributed by atoms with van der Waals surface area (Å²) < 4.78 is 7.30. The highest BCUT2D eigenvalue weighted by Gasteiger charge is 2.17. The average Bonchev–Trinajstić information content (AvgIpc) is 2.25. The van der Waals surface area contributed by atoms with Gasteiger partial charge in [-0.1, -0.05) is 11.6 Å². The zero-order valence-corrected chi connectivity index (χ0v) is 12.4. The lowest BCUT2D eigenvalue weighted by Crippen LogP contribution is -2.29. The predicted molar refractivity (Wildman–Crippen MR) is 71.9 cm³/mol. The second-order valence-electron chi connectivity index (χ2n) is 4.06. The Morgan fingerprint density at radius 2 is 2.25 bits per heavy atom. The van der Waals surface area contributed by atoms with Gasteiger partial charge in [-0.25, -0.2) is 4.98 Å². The highest BCUT2D eigenvalue weighted by molar-refractivity contribution is 14.1. The molecule has 6 heteroatoms. The fraction of sp³-hybridized carbons (Fsp3) is 0.600. The smallest absolute Gasteiger partial charge is 0.268 e. The zero-order valence-electron chi connectivity index (χ0n) is 9.46. The maximum atomic E-state index is 11.8. The van der Waals surface area contributed by atoms with Crippen LogP contribution < -0.4 is 5.56 Å². The minimum Gasteiger partial charge on any atom is -0.379 e. The molecule has 1 aromatic heterocycles. The van der Waals surface area contributed by atoms with Crippen molar-refractivity contribution in [3.8, 4) is 0 Å². The Kier molecular flexibility index (Phi) is 4.75. The van der Waals surface area contributed by atoms with Crippen molar-refractivity contribution in [1.29, 1.82) is 0 Å². The van der Waals surface area contributed by atoms with Crippen LogP contribution in [0.4, 0.5) is 0 Å².